The third-order valence-electron chi connectivity index (χ3n) is 2.93. The van der Waals surface area contributed by atoms with Gasteiger partial charge in [-0.1, -0.05) is 18.2 Å². The van der Waals surface area contributed by atoms with E-state index in [1.165, 1.54) is 0 Å². The number of hydrogen-bond acceptors (Lipinski definition) is 3. The molecule has 3 rings (SSSR count). The van der Waals surface area contributed by atoms with Gasteiger partial charge in [0.15, 0.2) is 0 Å². The maximum Gasteiger partial charge on any atom is 0.146 e. The monoisotopic (exact) mass is 268 g/mol. The van der Waals surface area contributed by atoms with E-state index in [4.69, 9.17) is 9.47 Å². The van der Waals surface area contributed by atoms with Gasteiger partial charge in [0.2, 0.25) is 0 Å². The number of aromatic amines is 1. The third kappa shape index (κ3) is 2.74. The summed E-state index contributed by atoms with van der Waals surface area (Å²) in [5, 5.41) is 0. The van der Waals surface area contributed by atoms with Crippen LogP contribution in [-0.2, 0) is 6.61 Å². The Kier molecular flexibility index (Phi) is 3.54. The molecule has 0 aliphatic heterocycles. The van der Waals surface area contributed by atoms with E-state index in [2.05, 4.69) is 9.97 Å². The quantitative estimate of drug-likeness (QED) is 0.770. The average molecular weight is 268 g/mol. The van der Waals surface area contributed by atoms with Crippen LogP contribution in [0.1, 0.15) is 12.7 Å². The van der Waals surface area contributed by atoms with Gasteiger partial charge in [0.05, 0.1) is 17.6 Å². The van der Waals surface area contributed by atoms with Crippen LogP contribution in [0.2, 0.25) is 0 Å². The molecule has 0 unspecified atom stereocenters. The standard InChI is InChI=1S/C16H16N2O2/c1-2-19-13-8-9-14-15(10-13)18-16(17-14)11-20-12-6-4-3-5-7-12/h3-10H,2,11H2,1H3,(H,17,18). The van der Waals surface area contributed by atoms with Crippen molar-refractivity contribution >= 4 is 11.0 Å². The number of aromatic nitrogens is 2. The molecule has 20 heavy (non-hydrogen) atoms. The highest BCUT2D eigenvalue weighted by Gasteiger charge is 2.05. The average Bonchev–Trinajstić information content (AvgIpc) is 2.89. The van der Waals surface area contributed by atoms with Crippen molar-refractivity contribution in [2.75, 3.05) is 6.61 Å². The Labute approximate surface area is 117 Å². The van der Waals surface area contributed by atoms with Gasteiger partial charge >= 0.3 is 0 Å². The van der Waals surface area contributed by atoms with Crippen molar-refractivity contribution in [2.24, 2.45) is 0 Å². The molecule has 0 saturated heterocycles. The molecule has 0 aliphatic carbocycles. The topological polar surface area (TPSA) is 47.1 Å². The Bertz CT molecular complexity index is 692. The van der Waals surface area contributed by atoms with E-state index in [1.807, 2.05) is 55.5 Å². The van der Waals surface area contributed by atoms with Crippen molar-refractivity contribution in [3.63, 3.8) is 0 Å². The molecule has 0 amide bonds. The molecule has 0 atom stereocenters. The van der Waals surface area contributed by atoms with Crippen LogP contribution in [0.5, 0.6) is 11.5 Å². The summed E-state index contributed by atoms with van der Waals surface area (Å²) in [7, 11) is 0. The Balaban J connectivity index is 1.75. The second-order valence-corrected chi connectivity index (χ2v) is 4.40. The summed E-state index contributed by atoms with van der Waals surface area (Å²) >= 11 is 0. The van der Waals surface area contributed by atoms with Crippen molar-refractivity contribution in [1.82, 2.24) is 9.97 Å². The number of nitrogens with zero attached hydrogens (tertiary/aromatic N) is 1. The number of fused-ring (bicyclic) bond motifs is 1. The van der Waals surface area contributed by atoms with Crippen LogP contribution in [0.4, 0.5) is 0 Å². The molecule has 102 valence electrons. The molecule has 4 nitrogen and oxygen atoms in total. The molecule has 4 heteroatoms. The van der Waals surface area contributed by atoms with Crippen LogP contribution in [0, 0.1) is 0 Å². The number of imidazole rings is 1. The number of nitrogens with one attached hydrogen (secondary N) is 1. The summed E-state index contributed by atoms with van der Waals surface area (Å²) in [5.41, 5.74) is 1.88. The SMILES string of the molecule is CCOc1ccc2nc(COc3ccccc3)[nH]c2c1. The van der Waals surface area contributed by atoms with Gasteiger partial charge in [0.1, 0.15) is 23.9 Å². The minimum Gasteiger partial charge on any atom is -0.494 e. The molecule has 1 aromatic heterocycles. The van der Waals surface area contributed by atoms with Crippen molar-refractivity contribution in [2.45, 2.75) is 13.5 Å². The van der Waals surface area contributed by atoms with Gasteiger partial charge in [-0.25, -0.2) is 4.98 Å². The summed E-state index contributed by atoms with van der Waals surface area (Å²) in [6, 6.07) is 15.5. The van der Waals surface area contributed by atoms with Crippen LogP contribution in [0.3, 0.4) is 0 Å². The van der Waals surface area contributed by atoms with Crippen molar-refractivity contribution in [3.05, 3.63) is 54.4 Å². The molecule has 1 N–H and O–H groups in total. The fraction of sp³-hybridized carbons (Fsp3) is 0.188. The predicted octanol–water partition coefficient (Wildman–Crippen LogP) is 3.54. The van der Waals surface area contributed by atoms with Crippen LogP contribution in [0.25, 0.3) is 11.0 Å². The lowest BCUT2D eigenvalue weighted by Crippen LogP contribution is -1.96. The first kappa shape index (κ1) is 12.5. The van der Waals surface area contributed by atoms with Gasteiger partial charge in [-0.2, -0.15) is 0 Å². The fourth-order valence-corrected chi connectivity index (χ4v) is 2.03. The maximum atomic E-state index is 5.67. The van der Waals surface area contributed by atoms with E-state index in [0.717, 1.165) is 28.4 Å². The van der Waals surface area contributed by atoms with Crippen molar-refractivity contribution in [3.8, 4) is 11.5 Å². The normalized spacial score (nSPS) is 10.7. The number of H-pyrrole nitrogens is 1. The first-order valence-corrected chi connectivity index (χ1v) is 6.64. The number of benzene rings is 2. The zero-order valence-corrected chi connectivity index (χ0v) is 11.3. The molecule has 0 bridgehead atoms. The van der Waals surface area contributed by atoms with E-state index in [0.29, 0.717) is 13.2 Å². The van der Waals surface area contributed by atoms with Gasteiger partial charge in [-0.3, -0.25) is 0 Å². The largest absolute Gasteiger partial charge is 0.494 e. The smallest absolute Gasteiger partial charge is 0.146 e. The van der Waals surface area contributed by atoms with Gasteiger partial charge < -0.3 is 14.5 Å². The summed E-state index contributed by atoms with van der Waals surface area (Å²) in [6.07, 6.45) is 0. The van der Waals surface area contributed by atoms with Crippen LogP contribution >= 0.6 is 0 Å². The third-order valence-corrected chi connectivity index (χ3v) is 2.93. The fourth-order valence-electron chi connectivity index (χ4n) is 2.03. The second-order valence-electron chi connectivity index (χ2n) is 4.40. The second kappa shape index (κ2) is 5.65. The molecule has 2 aromatic carbocycles. The molecule has 0 radical (unpaired) electrons. The van der Waals surface area contributed by atoms with E-state index in [1.54, 1.807) is 0 Å². The minimum absolute atomic E-state index is 0.419. The van der Waals surface area contributed by atoms with Gasteiger partial charge in [0.25, 0.3) is 0 Å². The molecule has 3 aromatic rings. The van der Waals surface area contributed by atoms with Crippen molar-refractivity contribution < 1.29 is 9.47 Å². The summed E-state index contributed by atoms with van der Waals surface area (Å²) in [6.45, 7) is 3.04. The van der Waals surface area contributed by atoms with E-state index < -0.39 is 0 Å². The summed E-state index contributed by atoms with van der Waals surface area (Å²) in [5.74, 6) is 2.49. The Morgan fingerprint density at radius 3 is 2.65 bits per heavy atom. The number of para-hydroxylation sites is 1. The Hall–Kier alpha value is -2.49. The van der Waals surface area contributed by atoms with Gasteiger partial charge in [-0.15, -0.1) is 0 Å². The van der Waals surface area contributed by atoms with E-state index in [9.17, 15) is 0 Å². The molecular weight excluding hydrogens is 252 g/mol. The summed E-state index contributed by atoms with van der Waals surface area (Å²) < 4.78 is 11.1. The highest BCUT2D eigenvalue weighted by atomic mass is 16.5. The lowest BCUT2D eigenvalue weighted by Gasteiger charge is -2.02. The zero-order chi connectivity index (χ0) is 13.8. The molecule has 0 aliphatic rings. The lowest BCUT2D eigenvalue weighted by atomic mass is 10.3. The highest BCUT2D eigenvalue weighted by molar-refractivity contribution is 5.76. The number of ether oxygens (including phenoxy) is 2. The molecule has 0 spiro atoms. The first-order valence-electron chi connectivity index (χ1n) is 6.64. The molecule has 0 fully saturated rings. The van der Waals surface area contributed by atoms with Crippen molar-refractivity contribution in [1.29, 1.82) is 0 Å². The van der Waals surface area contributed by atoms with Crippen LogP contribution in [0.15, 0.2) is 48.5 Å². The highest BCUT2D eigenvalue weighted by Crippen LogP contribution is 2.19. The number of rotatable bonds is 5. The Morgan fingerprint density at radius 2 is 1.85 bits per heavy atom. The van der Waals surface area contributed by atoms with E-state index in [-0.39, 0.29) is 0 Å². The van der Waals surface area contributed by atoms with Gasteiger partial charge in [-0.05, 0) is 31.2 Å². The van der Waals surface area contributed by atoms with Gasteiger partial charge in [0, 0.05) is 6.07 Å². The maximum absolute atomic E-state index is 5.67. The Morgan fingerprint density at radius 1 is 1.00 bits per heavy atom. The molecular formula is C16H16N2O2. The number of hydrogen-bond donors (Lipinski definition) is 1. The van der Waals surface area contributed by atoms with Crippen LogP contribution in [-0.4, -0.2) is 16.6 Å². The summed E-state index contributed by atoms with van der Waals surface area (Å²) in [4.78, 5) is 7.74. The lowest BCUT2D eigenvalue weighted by molar-refractivity contribution is 0.297. The predicted molar refractivity (Wildman–Crippen MR) is 78.0 cm³/mol. The molecule has 1 heterocycles. The van der Waals surface area contributed by atoms with Crippen LogP contribution < -0.4 is 9.47 Å². The minimum atomic E-state index is 0.419. The van der Waals surface area contributed by atoms with E-state index >= 15 is 0 Å². The molecule has 0 saturated carbocycles. The first-order chi connectivity index (χ1) is 9.85. The zero-order valence-electron chi connectivity index (χ0n) is 11.3.